The molecule has 3 N–H and O–H groups in total. The lowest BCUT2D eigenvalue weighted by Gasteiger charge is -2.07. The monoisotopic (exact) mass is 242 g/mol. The number of H-pyrrole nitrogens is 1. The van der Waals surface area contributed by atoms with Crippen molar-refractivity contribution in [2.24, 2.45) is 5.73 Å². The molecule has 0 aliphatic heterocycles. The summed E-state index contributed by atoms with van der Waals surface area (Å²) < 4.78 is 1.49. The Kier molecular flexibility index (Phi) is 3.60. The van der Waals surface area contributed by atoms with E-state index in [2.05, 4.69) is 22.0 Å². The van der Waals surface area contributed by atoms with Gasteiger partial charge in [0, 0.05) is 5.56 Å². The zero-order valence-electron chi connectivity index (χ0n) is 10.1. The van der Waals surface area contributed by atoms with Gasteiger partial charge in [0.05, 0.1) is 12.2 Å². The van der Waals surface area contributed by atoms with Crippen molar-refractivity contribution in [3.63, 3.8) is 0 Å². The number of aromatic amines is 1. The number of nitrogens with two attached hydrogens (primary N) is 1. The number of nitrogens with one attached hydrogen (secondary N) is 1. The van der Waals surface area contributed by atoms with Gasteiger partial charge in [-0.05, 0) is 30.2 Å². The molecule has 0 aliphatic rings. The number of hydrogen-bond acceptors (Lipinski definition) is 3. The highest BCUT2D eigenvalue weighted by Crippen LogP contribution is 2.15. The lowest BCUT2D eigenvalue weighted by molar-refractivity contribution is 0.953. The average Bonchev–Trinajstić information content (AvgIpc) is 2.82. The first-order chi connectivity index (χ1) is 8.76. The highest BCUT2D eigenvalue weighted by molar-refractivity contribution is 5.48. The normalized spacial score (nSPS) is 9.89. The summed E-state index contributed by atoms with van der Waals surface area (Å²) in [6, 6.07) is 5.71. The van der Waals surface area contributed by atoms with Crippen molar-refractivity contribution in [1.82, 2.24) is 14.8 Å². The number of rotatable bonds is 2. The first-order valence-electron chi connectivity index (χ1n) is 5.70. The Morgan fingerprint density at radius 2 is 2.33 bits per heavy atom. The summed E-state index contributed by atoms with van der Waals surface area (Å²) >= 11 is 0. The van der Waals surface area contributed by atoms with E-state index in [9.17, 15) is 4.79 Å². The van der Waals surface area contributed by atoms with E-state index in [-0.39, 0.29) is 5.69 Å². The fraction of sp³-hybridized carbons (Fsp3) is 0.231. The van der Waals surface area contributed by atoms with Gasteiger partial charge in [-0.1, -0.05) is 18.8 Å². The van der Waals surface area contributed by atoms with Gasteiger partial charge in [-0.3, -0.25) is 0 Å². The molecule has 1 aromatic heterocycles. The van der Waals surface area contributed by atoms with Gasteiger partial charge in [-0.25, -0.2) is 14.5 Å². The molecule has 0 spiro atoms. The van der Waals surface area contributed by atoms with Crippen molar-refractivity contribution in [3.05, 3.63) is 46.1 Å². The second-order valence-corrected chi connectivity index (χ2v) is 3.73. The van der Waals surface area contributed by atoms with E-state index < -0.39 is 0 Å². The summed E-state index contributed by atoms with van der Waals surface area (Å²) in [5.74, 6) is 5.79. The highest BCUT2D eigenvalue weighted by Gasteiger charge is 2.06. The first-order valence-corrected chi connectivity index (χ1v) is 5.70. The van der Waals surface area contributed by atoms with Gasteiger partial charge in [0.2, 0.25) is 0 Å². The van der Waals surface area contributed by atoms with E-state index in [0.717, 1.165) is 23.2 Å². The molecule has 1 heterocycles. The van der Waals surface area contributed by atoms with E-state index in [1.807, 2.05) is 25.1 Å². The Morgan fingerprint density at radius 1 is 1.50 bits per heavy atom. The van der Waals surface area contributed by atoms with E-state index in [4.69, 9.17) is 5.73 Å². The summed E-state index contributed by atoms with van der Waals surface area (Å²) in [6.07, 6.45) is 2.28. The van der Waals surface area contributed by atoms with E-state index in [1.54, 1.807) is 0 Å². The number of aromatic nitrogens is 3. The molecule has 0 atom stereocenters. The molecule has 0 saturated heterocycles. The molecule has 0 aliphatic carbocycles. The van der Waals surface area contributed by atoms with Crippen molar-refractivity contribution in [1.29, 1.82) is 0 Å². The van der Waals surface area contributed by atoms with Crippen LogP contribution in [0.15, 0.2) is 29.3 Å². The summed E-state index contributed by atoms with van der Waals surface area (Å²) in [4.78, 5) is 11.5. The molecule has 1 aromatic carbocycles. The third-order valence-electron chi connectivity index (χ3n) is 2.61. The largest absolute Gasteiger partial charge is 0.347 e. The molecule has 5 nitrogen and oxygen atoms in total. The van der Waals surface area contributed by atoms with Gasteiger partial charge in [0.25, 0.3) is 0 Å². The highest BCUT2D eigenvalue weighted by atomic mass is 16.1. The van der Waals surface area contributed by atoms with Crippen molar-refractivity contribution in [2.75, 3.05) is 6.54 Å². The predicted octanol–water partition coefficient (Wildman–Crippen LogP) is 0.433. The Bertz CT molecular complexity index is 657. The molecule has 5 heteroatoms. The predicted molar refractivity (Wildman–Crippen MR) is 69.5 cm³/mol. The summed E-state index contributed by atoms with van der Waals surface area (Å²) in [7, 11) is 0. The molecular weight excluding hydrogens is 228 g/mol. The van der Waals surface area contributed by atoms with E-state index in [1.165, 1.54) is 10.9 Å². The number of aryl methyl sites for hydroxylation is 1. The Balaban J connectivity index is 2.50. The lowest BCUT2D eigenvalue weighted by atomic mass is 10.1. The molecule has 0 bridgehead atoms. The minimum Gasteiger partial charge on any atom is -0.320 e. The van der Waals surface area contributed by atoms with Crippen LogP contribution in [0.1, 0.15) is 18.1 Å². The molecule has 0 unspecified atom stereocenters. The molecule has 18 heavy (non-hydrogen) atoms. The molecule has 92 valence electrons. The topological polar surface area (TPSA) is 76.7 Å². The maximum absolute atomic E-state index is 11.5. The van der Waals surface area contributed by atoms with Crippen LogP contribution in [0.5, 0.6) is 0 Å². The summed E-state index contributed by atoms with van der Waals surface area (Å²) in [6.45, 7) is 2.37. The Labute approximate surface area is 105 Å². The van der Waals surface area contributed by atoms with Crippen LogP contribution in [0.4, 0.5) is 0 Å². The standard InChI is InChI=1S/C13H14N4O/c1-2-11-8-10(4-3-7-14)5-6-12(11)17-9-15-16-13(17)18/h5-6,8-9H,2,7,14H2,1H3,(H,16,18). The van der Waals surface area contributed by atoms with E-state index >= 15 is 0 Å². The fourth-order valence-electron chi connectivity index (χ4n) is 1.75. The quantitative estimate of drug-likeness (QED) is 0.750. The first kappa shape index (κ1) is 12.1. The van der Waals surface area contributed by atoms with Crippen LogP contribution in [0.25, 0.3) is 5.69 Å². The molecule has 2 rings (SSSR count). The fourth-order valence-corrected chi connectivity index (χ4v) is 1.75. The van der Waals surface area contributed by atoms with Gasteiger partial charge < -0.3 is 5.73 Å². The van der Waals surface area contributed by atoms with Gasteiger partial charge in [-0.2, -0.15) is 5.10 Å². The average molecular weight is 242 g/mol. The third-order valence-corrected chi connectivity index (χ3v) is 2.61. The summed E-state index contributed by atoms with van der Waals surface area (Å²) in [5, 5.41) is 6.11. The van der Waals surface area contributed by atoms with Crippen molar-refractivity contribution in [3.8, 4) is 17.5 Å². The van der Waals surface area contributed by atoms with Gasteiger partial charge in [-0.15, -0.1) is 0 Å². The second-order valence-electron chi connectivity index (χ2n) is 3.73. The van der Waals surface area contributed by atoms with Crippen LogP contribution in [-0.4, -0.2) is 21.3 Å². The van der Waals surface area contributed by atoms with Gasteiger partial charge in [0.1, 0.15) is 6.33 Å². The van der Waals surface area contributed by atoms with Crippen LogP contribution in [-0.2, 0) is 6.42 Å². The Hall–Kier alpha value is -2.32. The van der Waals surface area contributed by atoms with Crippen LogP contribution in [0, 0.1) is 11.8 Å². The molecule has 2 aromatic rings. The molecule has 0 radical (unpaired) electrons. The molecule has 0 fully saturated rings. The van der Waals surface area contributed by atoms with E-state index in [0.29, 0.717) is 6.54 Å². The number of nitrogens with zero attached hydrogens (tertiary/aromatic N) is 2. The minimum absolute atomic E-state index is 0.245. The summed E-state index contributed by atoms with van der Waals surface area (Å²) in [5.41, 5.74) is 7.87. The lowest BCUT2D eigenvalue weighted by Crippen LogP contribution is -2.15. The maximum atomic E-state index is 11.5. The third kappa shape index (κ3) is 2.34. The van der Waals surface area contributed by atoms with Crippen molar-refractivity contribution >= 4 is 0 Å². The SMILES string of the molecule is CCc1cc(C#CCN)ccc1-n1cn[nH]c1=O. The maximum Gasteiger partial charge on any atom is 0.347 e. The number of hydrogen-bond donors (Lipinski definition) is 2. The molecule has 0 amide bonds. The zero-order valence-corrected chi connectivity index (χ0v) is 10.1. The van der Waals surface area contributed by atoms with Gasteiger partial charge in [0.15, 0.2) is 0 Å². The van der Waals surface area contributed by atoms with Crippen molar-refractivity contribution in [2.45, 2.75) is 13.3 Å². The van der Waals surface area contributed by atoms with Crippen LogP contribution in [0.2, 0.25) is 0 Å². The molecular formula is C13H14N4O. The van der Waals surface area contributed by atoms with Crippen molar-refractivity contribution < 1.29 is 0 Å². The Morgan fingerprint density at radius 3 is 2.94 bits per heavy atom. The number of benzene rings is 1. The van der Waals surface area contributed by atoms with Crippen LogP contribution in [0.3, 0.4) is 0 Å². The van der Waals surface area contributed by atoms with Crippen LogP contribution >= 0.6 is 0 Å². The zero-order chi connectivity index (χ0) is 13.0. The second kappa shape index (κ2) is 5.34. The minimum atomic E-state index is -0.245. The smallest absolute Gasteiger partial charge is 0.320 e. The molecule has 0 saturated carbocycles. The van der Waals surface area contributed by atoms with Gasteiger partial charge >= 0.3 is 5.69 Å². The van der Waals surface area contributed by atoms with Crippen LogP contribution < -0.4 is 11.4 Å².